The average Bonchev–Trinajstić information content (AvgIpc) is 3.28. The zero-order valence-electron chi connectivity index (χ0n) is 19.3. The van der Waals surface area contributed by atoms with Gasteiger partial charge in [-0.1, -0.05) is 30.3 Å². The van der Waals surface area contributed by atoms with E-state index in [9.17, 15) is 9.90 Å². The maximum absolute atomic E-state index is 12.0. The summed E-state index contributed by atoms with van der Waals surface area (Å²) in [6.07, 6.45) is 2.64. The van der Waals surface area contributed by atoms with Gasteiger partial charge in [0.25, 0.3) is 0 Å². The molecule has 0 spiro atoms. The number of aryl methyl sites for hydroxylation is 1. The van der Waals surface area contributed by atoms with Gasteiger partial charge in [-0.25, -0.2) is 4.98 Å². The molecule has 0 bridgehead atoms. The van der Waals surface area contributed by atoms with Crippen LogP contribution >= 0.6 is 0 Å². The highest BCUT2D eigenvalue weighted by molar-refractivity contribution is 5.94. The molecule has 3 aromatic heterocycles. The van der Waals surface area contributed by atoms with Crippen LogP contribution < -0.4 is 5.73 Å². The summed E-state index contributed by atoms with van der Waals surface area (Å²) in [6, 6.07) is 21.5. The summed E-state index contributed by atoms with van der Waals surface area (Å²) in [6.45, 7) is 1.91. The van der Waals surface area contributed by atoms with Crippen LogP contribution in [0, 0.1) is 6.92 Å². The van der Waals surface area contributed by atoms with E-state index in [1.165, 1.54) is 0 Å². The molecule has 5 rings (SSSR count). The number of hydrogen-bond acceptors (Lipinski definition) is 5. The molecular formula is C28H25N5O2. The number of aromatic amines is 1. The number of amides is 1. The van der Waals surface area contributed by atoms with E-state index >= 15 is 0 Å². The number of rotatable bonds is 7. The van der Waals surface area contributed by atoms with Crippen LogP contribution in [0.25, 0.3) is 33.5 Å². The fourth-order valence-corrected chi connectivity index (χ4v) is 4.30. The summed E-state index contributed by atoms with van der Waals surface area (Å²) < 4.78 is 0. The topological polar surface area (TPSA) is 118 Å². The molecule has 7 heteroatoms. The van der Waals surface area contributed by atoms with Gasteiger partial charge < -0.3 is 15.8 Å². The Balaban J connectivity index is 1.59. The number of H-pyrrole nitrogens is 1. The minimum Gasteiger partial charge on any atom is -0.396 e. The van der Waals surface area contributed by atoms with Crippen LogP contribution in [-0.2, 0) is 12.8 Å². The number of aliphatic hydroxyl groups excluding tert-OH is 1. The van der Waals surface area contributed by atoms with Gasteiger partial charge in [0.1, 0.15) is 5.82 Å². The number of nitrogens with two attached hydrogens (primary N) is 1. The Labute approximate surface area is 202 Å². The van der Waals surface area contributed by atoms with Crippen LogP contribution in [0.15, 0.2) is 72.9 Å². The molecule has 0 aliphatic carbocycles. The number of carbonyl (C=O) groups excluding carboxylic acids is 1. The molecule has 0 atom stereocenters. The predicted molar refractivity (Wildman–Crippen MR) is 136 cm³/mol. The van der Waals surface area contributed by atoms with Gasteiger partial charge in [-0.15, -0.1) is 0 Å². The van der Waals surface area contributed by atoms with Crippen molar-refractivity contribution in [1.82, 2.24) is 19.9 Å². The molecular weight excluding hydrogens is 438 g/mol. The van der Waals surface area contributed by atoms with Crippen LogP contribution in [0.2, 0.25) is 0 Å². The molecule has 0 unspecified atom stereocenters. The first kappa shape index (κ1) is 22.4. The van der Waals surface area contributed by atoms with Crippen LogP contribution in [0.4, 0.5) is 0 Å². The van der Waals surface area contributed by atoms with Gasteiger partial charge in [-0.3, -0.25) is 14.8 Å². The average molecular weight is 464 g/mol. The number of pyridine rings is 2. The van der Waals surface area contributed by atoms with E-state index < -0.39 is 5.91 Å². The Morgan fingerprint density at radius 3 is 2.71 bits per heavy atom. The van der Waals surface area contributed by atoms with Gasteiger partial charge in [0, 0.05) is 41.4 Å². The Morgan fingerprint density at radius 1 is 1.03 bits per heavy atom. The number of benzene rings is 2. The highest BCUT2D eigenvalue weighted by Gasteiger charge is 2.17. The summed E-state index contributed by atoms with van der Waals surface area (Å²) in [5.41, 5.74) is 12.9. The molecule has 174 valence electrons. The molecule has 2 aromatic carbocycles. The predicted octanol–water partition coefficient (Wildman–Crippen LogP) is 4.22. The molecule has 0 aliphatic rings. The number of carbonyl (C=O) groups is 1. The van der Waals surface area contributed by atoms with Crippen LogP contribution in [0.5, 0.6) is 0 Å². The van der Waals surface area contributed by atoms with E-state index in [1.807, 2.05) is 61.5 Å². The van der Waals surface area contributed by atoms with Crippen molar-refractivity contribution < 1.29 is 9.90 Å². The third-order valence-electron chi connectivity index (χ3n) is 5.97. The first-order valence-electron chi connectivity index (χ1n) is 11.4. The van der Waals surface area contributed by atoms with E-state index in [4.69, 9.17) is 15.7 Å². The van der Waals surface area contributed by atoms with Gasteiger partial charge in [0.15, 0.2) is 0 Å². The van der Waals surface area contributed by atoms with E-state index in [0.717, 1.165) is 56.2 Å². The number of aliphatic hydroxyl groups is 1. The summed E-state index contributed by atoms with van der Waals surface area (Å²) in [4.78, 5) is 29.5. The molecule has 4 N–H and O–H groups in total. The second kappa shape index (κ2) is 9.48. The van der Waals surface area contributed by atoms with Gasteiger partial charge in [-0.2, -0.15) is 0 Å². The maximum atomic E-state index is 12.0. The molecule has 7 nitrogen and oxygen atoms in total. The van der Waals surface area contributed by atoms with Crippen molar-refractivity contribution in [3.05, 3.63) is 101 Å². The molecule has 35 heavy (non-hydrogen) atoms. The minimum absolute atomic E-state index is 0.0463. The van der Waals surface area contributed by atoms with Gasteiger partial charge >= 0.3 is 0 Å². The number of fused-ring (bicyclic) bond motifs is 1. The standard InChI is InChI=1S/C28H25N5O2/c1-17-4-2-6-24(31-17)27-26(21-9-10-23-20(16-21)5-3-12-30-23)32-25(33-27)15-18-7-8-19(11-13-34)22(14-18)28(29)35/h2-10,12,14,16,34H,11,13,15H2,1H3,(H2,29,35)(H,32,33). The van der Waals surface area contributed by atoms with Gasteiger partial charge in [0.05, 0.1) is 22.6 Å². The molecule has 0 fully saturated rings. The van der Waals surface area contributed by atoms with Crippen molar-refractivity contribution in [2.24, 2.45) is 5.73 Å². The molecule has 0 radical (unpaired) electrons. The quantitative estimate of drug-likeness (QED) is 0.334. The Kier molecular flexibility index (Phi) is 6.08. The SMILES string of the molecule is Cc1cccc(-c2[nH]c(Cc3ccc(CCO)c(C(N)=O)c3)nc2-c2ccc3ncccc3c2)n1. The molecule has 0 saturated heterocycles. The number of hydrogen-bond donors (Lipinski definition) is 3. The zero-order valence-corrected chi connectivity index (χ0v) is 19.3. The molecule has 3 heterocycles. The summed E-state index contributed by atoms with van der Waals surface area (Å²) in [5, 5.41) is 10.3. The second-order valence-electron chi connectivity index (χ2n) is 8.49. The third kappa shape index (κ3) is 4.67. The van der Waals surface area contributed by atoms with Gasteiger partial charge in [0.2, 0.25) is 5.91 Å². The minimum atomic E-state index is -0.509. The Hall–Kier alpha value is -4.36. The van der Waals surface area contributed by atoms with E-state index in [0.29, 0.717) is 18.4 Å². The van der Waals surface area contributed by atoms with Crippen LogP contribution in [-0.4, -0.2) is 37.6 Å². The molecule has 1 amide bonds. The fourth-order valence-electron chi connectivity index (χ4n) is 4.30. The van der Waals surface area contributed by atoms with Gasteiger partial charge in [-0.05, 0) is 60.9 Å². The second-order valence-corrected chi connectivity index (χ2v) is 8.49. The lowest BCUT2D eigenvalue weighted by atomic mass is 9.99. The Bertz CT molecular complexity index is 1540. The van der Waals surface area contributed by atoms with Crippen molar-refractivity contribution >= 4 is 16.8 Å². The monoisotopic (exact) mass is 463 g/mol. The summed E-state index contributed by atoms with van der Waals surface area (Å²) in [7, 11) is 0. The van der Waals surface area contributed by atoms with Crippen molar-refractivity contribution in [3.63, 3.8) is 0 Å². The molecule has 0 aliphatic heterocycles. The largest absolute Gasteiger partial charge is 0.396 e. The van der Waals surface area contributed by atoms with Crippen molar-refractivity contribution in [2.45, 2.75) is 19.8 Å². The summed E-state index contributed by atoms with van der Waals surface area (Å²) in [5.74, 6) is 0.236. The van der Waals surface area contributed by atoms with E-state index in [2.05, 4.69) is 16.0 Å². The van der Waals surface area contributed by atoms with Crippen molar-refractivity contribution in [1.29, 1.82) is 0 Å². The fraction of sp³-hybridized carbons (Fsp3) is 0.143. The normalized spacial score (nSPS) is 11.1. The molecule has 5 aromatic rings. The lowest BCUT2D eigenvalue weighted by Gasteiger charge is -2.08. The number of nitrogens with zero attached hydrogens (tertiary/aromatic N) is 3. The van der Waals surface area contributed by atoms with Crippen LogP contribution in [0.1, 0.15) is 33.0 Å². The maximum Gasteiger partial charge on any atom is 0.248 e. The van der Waals surface area contributed by atoms with Crippen molar-refractivity contribution in [2.75, 3.05) is 6.61 Å². The lowest BCUT2D eigenvalue weighted by Crippen LogP contribution is -2.15. The van der Waals surface area contributed by atoms with Crippen molar-refractivity contribution in [3.8, 4) is 22.6 Å². The Morgan fingerprint density at radius 2 is 1.91 bits per heavy atom. The first-order valence-corrected chi connectivity index (χ1v) is 11.4. The number of primary amides is 1. The third-order valence-corrected chi connectivity index (χ3v) is 5.97. The smallest absolute Gasteiger partial charge is 0.248 e. The highest BCUT2D eigenvalue weighted by Crippen LogP contribution is 2.31. The van der Waals surface area contributed by atoms with E-state index in [1.54, 1.807) is 12.3 Å². The number of nitrogens with one attached hydrogen (secondary N) is 1. The summed E-state index contributed by atoms with van der Waals surface area (Å²) >= 11 is 0. The molecule has 0 saturated carbocycles. The number of imidazole rings is 1. The zero-order chi connectivity index (χ0) is 24.4. The number of aromatic nitrogens is 4. The van der Waals surface area contributed by atoms with Crippen LogP contribution in [0.3, 0.4) is 0 Å². The highest BCUT2D eigenvalue weighted by atomic mass is 16.3. The lowest BCUT2D eigenvalue weighted by molar-refractivity contribution is 0.0999. The first-order chi connectivity index (χ1) is 17.0. The van der Waals surface area contributed by atoms with E-state index in [-0.39, 0.29) is 6.61 Å².